The summed E-state index contributed by atoms with van der Waals surface area (Å²) in [6.07, 6.45) is 0. The van der Waals surface area contributed by atoms with Crippen LogP contribution in [0.25, 0.3) is 0 Å². The Balaban J connectivity index is 1.41. The largest absolute Gasteiger partial charge is 0.481 e. The number of carbonyl (C=O) groups is 3. The van der Waals surface area contributed by atoms with Crippen LogP contribution in [0.1, 0.15) is 10.4 Å². The van der Waals surface area contributed by atoms with Gasteiger partial charge >= 0.3 is 5.97 Å². The number of carbonyl (C=O) groups excluding carboxylic acids is 3. The Morgan fingerprint density at radius 3 is 2.21 bits per heavy atom. The molecule has 0 aliphatic carbocycles. The summed E-state index contributed by atoms with van der Waals surface area (Å²) in [5, 5.41) is 0. The number of amides is 2. The van der Waals surface area contributed by atoms with E-state index < -0.39 is 18.5 Å². The molecule has 0 radical (unpaired) electrons. The third kappa shape index (κ3) is 5.47. The van der Waals surface area contributed by atoms with Crippen molar-refractivity contribution in [2.24, 2.45) is 5.73 Å². The fourth-order valence-electron chi connectivity index (χ4n) is 3.06. The third-order valence-corrected chi connectivity index (χ3v) is 4.61. The Bertz CT molecular complexity index is 864. The van der Waals surface area contributed by atoms with E-state index in [-0.39, 0.29) is 23.8 Å². The first-order valence-electron chi connectivity index (χ1n) is 9.29. The van der Waals surface area contributed by atoms with Crippen LogP contribution in [0.4, 0.5) is 5.69 Å². The van der Waals surface area contributed by atoms with E-state index in [1.807, 2.05) is 30.3 Å². The fraction of sp³-hybridized carbons (Fsp3) is 0.286. The number of ether oxygens (including phenoxy) is 2. The van der Waals surface area contributed by atoms with Gasteiger partial charge in [0.15, 0.2) is 13.2 Å². The molecular formula is C21H23N3O5. The minimum Gasteiger partial charge on any atom is -0.481 e. The van der Waals surface area contributed by atoms with Gasteiger partial charge in [-0.2, -0.15) is 0 Å². The van der Waals surface area contributed by atoms with Crippen molar-refractivity contribution >= 4 is 23.5 Å². The summed E-state index contributed by atoms with van der Waals surface area (Å²) in [7, 11) is 0. The van der Waals surface area contributed by atoms with Crippen LogP contribution in [0, 0.1) is 0 Å². The molecule has 29 heavy (non-hydrogen) atoms. The second-order valence-corrected chi connectivity index (χ2v) is 6.51. The zero-order chi connectivity index (χ0) is 20.6. The molecule has 0 spiro atoms. The minimum absolute atomic E-state index is 0.174. The normalized spacial score (nSPS) is 13.7. The number of hydrogen-bond acceptors (Lipinski definition) is 6. The average Bonchev–Trinajstić information content (AvgIpc) is 2.77. The zero-order valence-electron chi connectivity index (χ0n) is 16.0. The lowest BCUT2D eigenvalue weighted by Gasteiger charge is -2.36. The highest BCUT2D eigenvalue weighted by Crippen LogP contribution is 2.17. The van der Waals surface area contributed by atoms with Crippen molar-refractivity contribution in [3.63, 3.8) is 0 Å². The molecule has 2 amide bonds. The highest BCUT2D eigenvalue weighted by atomic mass is 16.6. The molecular weight excluding hydrogens is 374 g/mol. The van der Waals surface area contributed by atoms with E-state index in [9.17, 15) is 14.4 Å². The third-order valence-electron chi connectivity index (χ3n) is 4.61. The van der Waals surface area contributed by atoms with E-state index in [0.717, 1.165) is 18.8 Å². The second kappa shape index (κ2) is 9.59. The molecule has 8 nitrogen and oxygen atoms in total. The van der Waals surface area contributed by atoms with Gasteiger partial charge in [0.2, 0.25) is 0 Å². The lowest BCUT2D eigenvalue weighted by atomic mass is 10.2. The number of hydrogen-bond donors (Lipinski definition) is 1. The van der Waals surface area contributed by atoms with Crippen LogP contribution in [0.15, 0.2) is 54.6 Å². The predicted octanol–water partition coefficient (Wildman–Crippen LogP) is 1.06. The maximum atomic E-state index is 12.3. The SMILES string of the molecule is NC(=O)c1ccccc1OCC(=O)OCC(=O)N1CCN(c2ccccc2)CC1. The monoisotopic (exact) mass is 397 g/mol. The number of nitrogens with two attached hydrogens (primary N) is 1. The van der Waals surface area contributed by atoms with Gasteiger partial charge in [-0.15, -0.1) is 0 Å². The van der Waals surface area contributed by atoms with Gasteiger partial charge in [-0.1, -0.05) is 30.3 Å². The summed E-state index contributed by atoms with van der Waals surface area (Å²) < 4.78 is 10.3. The molecule has 1 heterocycles. The molecule has 8 heteroatoms. The second-order valence-electron chi connectivity index (χ2n) is 6.51. The molecule has 2 N–H and O–H groups in total. The summed E-state index contributed by atoms with van der Waals surface area (Å²) in [6.45, 7) is 1.80. The average molecular weight is 397 g/mol. The van der Waals surface area contributed by atoms with E-state index in [0.29, 0.717) is 13.1 Å². The van der Waals surface area contributed by atoms with Crippen LogP contribution in [0.2, 0.25) is 0 Å². The highest BCUT2D eigenvalue weighted by Gasteiger charge is 2.22. The first-order valence-corrected chi connectivity index (χ1v) is 9.29. The highest BCUT2D eigenvalue weighted by molar-refractivity contribution is 5.95. The molecule has 3 rings (SSSR count). The molecule has 1 aliphatic heterocycles. The van der Waals surface area contributed by atoms with E-state index in [4.69, 9.17) is 15.2 Å². The summed E-state index contributed by atoms with van der Waals surface area (Å²) in [5.74, 6) is -1.40. The van der Waals surface area contributed by atoms with E-state index >= 15 is 0 Å². The molecule has 2 aromatic rings. The minimum atomic E-state index is -0.694. The fourth-order valence-corrected chi connectivity index (χ4v) is 3.06. The number of piperazine rings is 1. The van der Waals surface area contributed by atoms with Crippen molar-refractivity contribution in [3.8, 4) is 5.75 Å². The molecule has 1 aliphatic rings. The van der Waals surface area contributed by atoms with Crippen LogP contribution < -0.4 is 15.4 Å². The topological polar surface area (TPSA) is 102 Å². The van der Waals surface area contributed by atoms with E-state index in [1.165, 1.54) is 12.1 Å². The van der Waals surface area contributed by atoms with E-state index in [1.54, 1.807) is 17.0 Å². The molecule has 0 atom stereocenters. The van der Waals surface area contributed by atoms with Crippen molar-refractivity contribution in [1.29, 1.82) is 0 Å². The Kier molecular flexibility index (Phi) is 6.67. The van der Waals surface area contributed by atoms with Gasteiger partial charge in [0.1, 0.15) is 5.75 Å². The molecule has 1 saturated heterocycles. The van der Waals surface area contributed by atoms with Crippen LogP contribution in [0.5, 0.6) is 5.75 Å². The summed E-state index contributed by atoms with van der Waals surface area (Å²) in [4.78, 5) is 39.4. The summed E-state index contributed by atoms with van der Waals surface area (Å²) in [5.41, 5.74) is 6.56. The van der Waals surface area contributed by atoms with Crippen molar-refractivity contribution in [2.75, 3.05) is 44.3 Å². The first kappa shape index (κ1) is 20.2. The van der Waals surface area contributed by atoms with Gasteiger partial charge in [-0.3, -0.25) is 9.59 Å². The molecule has 0 saturated carbocycles. The number of rotatable bonds is 7. The van der Waals surface area contributed by atoms with Gasteiger partial charge < -0.3 is 25.0 Å². The van der Waals surface area contributed by atoms with Gasteiger partial charge in [0.25, 0.3) is 11.8 Å². The van der Waals surface area contributed by atoms with Crippen LogP contribution >= 0.6 is 0 Å². The molecule has 1 fully saturated rings. The Morgan fingerprint density at radius 1 is 0.862 bits per heavy atom. The molecule has 152 valence electrons. The van der Waals surface area contributed by atoms with Gasteiger partial charge in [-0.25, -0.2) is 4.79 Å². The lowest BCUT2D eigenvalue weighted by molar-refractivity contribution is -0.153. The Hall–Kier alpha value is -3.55. The van der Waals surface area contributed by atoms with Gasteiger partial charge in [0, 0.05) is 31.9 Å². The van der Waals surface area contributed by atoms with Gasteiger partial charge in [-0.05, 0) is 24.3 Å². The molecule has 0 unspecified atom stereocenters. The van der Waals surface area contributed by atoms with Crippen molar-refractivity contribution < 1.29 is 23.9 Å². The Labute approximate surface area is 168 Å². The van der Waals surface area contributed by atoms with Crippen LogP contribution in [-0.2, 0) is 14.3 Å². The number of benzene rings is 2. The van der Waals surface area contributed by atoms with Crippen molar-refractivity contribution in [1.82, 2.24) is 4.90 Å². The molecule has 0 bridgehead atoms. The Morgan fingerprint density at radius 2 is 1.52 bits per heavy atom. The first-order chi connectivity index (χ1) is 14.0. The maximum Gasteiger partial charge on any atom is 0.344 e. The standard InChI is InChI=1S/C21H23N3O5/c22-21(27)17-8-4-5-9-18(17)28-15-20(26)29-14-19(25)24-12-10-23(11-13-24)16-6-2-1-3-7-16/h1-9H,10-15H2,(H2,22,27). The zero-order valence-corrected chi connectivity index (χ0v) is 16.0. The summed E-state index contributed by atoms with van der Waals surface area (Å²) >= 11 is 0. The van der Waals surface area contributed by atoms with Gasteiger partial charge in [0.05, 0.1) is 5.56 Å². The number of primary amides is 1. The lowest BCUT2D eigenvalue weighted by Crippen LogP contribution is -2.50. The molecule has 2 aromatic carbocycles. The van der Waals surface area contributed by atoms with Crippen molar-refractivity contribution in [2.45, 2.75) is 0 Å². The smallest absolute Gasteiger partial charge is 0.344 e. The number of esters is 1. The van der Waals surface area contributed by atoms with Crippen LogP contribution in [-0.4, -0.2) is 62.1 Å². The number of anilines is 1. The van der Waals surface area contributed by atoms with Crippen molar-refractivity contribution in [3.05, 3.63) is 60.2 Å². The van der Waals surface area contributed by atoms with E-state index in [2.05, 4.69) is 4.90 Å². The summed E-state index contributed by atoms with van der Waals surface area (Å²) in [6, 6.07) is 16.3. The number of nitrogens with zero attached hydrogens (tertiary/aromatic N) is 2. The maximum absolute atomic E-state index is 12.3. The molecule has 0 aromatic heterocycles. The predicted molar refractivity (Wildman–Crippen MR) is 107 cm³/mol. The number of para-hydroxylation sites is 2. The quantitative estimate of drug-likeness (QED) is 0.701. The van der Waals surface area contributed by atoms with Crippen LogP contribution in [0.3, 0.4) is 0 Å².